The zero-order chi connectivity index (χ0) is 19.6. The number of phenols is 2. The quantitative estimate of drug-likeness (QED) is 0.722. The van der Waals surface area contributed by atoms with Crippen molar-refractivity contribution in [3.8, 4) is 11.5 Å². The number of benzene rings is 1. The Balaban J connectivity index is 1.60. The first-order valence-corrected chi connectivity index (χ1v) is 9.36. The van der Waals surface area contributed by atoms with Gasteiger partial charge in [-0.25, -0.2) is 4.39 Å². The lowest BCUT2D eigenvalue weighted by Crippen LogP contribution is -2.36. The maximum Gasteiger partial charge on any atom is 0.222 e. The van der Waals surface area contributed by atoms with Crippen LogP contribution in [-0.4, -0.2) is 32.5 Å². The van der Waals surface area contributed by atoms with Crippen LogP contribution in [0.15, 0.2) is 18.3 Å². The largest absolute Gasteiger partial charge is 0.503 e. The lowest BCUT2D eigenvalue weighted by Gasteiger charge is -2.30. The Morgan fingerprint density at radius 3 is 2.52 bits per heavy atom. The highest BCUT2D eigenvalue weighted by Crippen LogP contribution is 2.46. The van der Waals surface area contributed by atoms with Gasteiger partial charge in [0, 0.05) is 37.0 Å². The monoisotopic (exact) mass is 412 g/mol. The first-order valence-electron chi connectivity index (χ1n) is 8.60. The number of halogens is 3. The second-order valence-corrected chi connectivity index (χ2v) is 7.25. The molecule has 1 aromatic heterocycles. The molecule has 3 rings (SSSR count). The van der Waals surface area contributed by atoms with E-state index in [4.69, 9.17) is 23.2 Å². The van der Waals surface area contributed by atoms with Crippen LogP contribution in [0.3, 0.4) is 0 Å². The molecule has 2 heterocycles. The van der Waals surface area contributed by atoms with Gasteiger partial charge in [-0.05, 0) is 36.5 Å². The van der Waals surface area contributed by atoms with Crippen molar-refractivity contribution in [3.05, 3.63) is 50.8 Å². The predicted octanol–water partition coefficient (Wildman–Crippen LogP) is 4.18. The Bertz CT molecular complexity index is 859. The third kappa shape index (κ3) is 4.12. The third-order valence-electron chi connectivity index (χ3n) is 4.73. The molecule has 1 aliphatic heterocycles. The molecule has 0 atom stereocenters. The highest BCUT2D eigenvalue weighted by atomic mass is 35.5. The number of aromatic hydroxyl groups is 2. The standard InChI is InChI=1S/C19H19Cl2FN2O3/c20-16-13-6-7-24(10-14(13)17(21)19(27)18(16)26)15(25)3-1-2-12-5-4-11(8-22)9-23-12/h4-5,9,26-27H,1-3,6-8,10H2. The summed E-state index contributed by atoms with van der Waals surface area (Å²) in [7, 11) is 0. The Morgan fingerprint density at radius 2 is 1.89 bits per heavy atom. The average molecular weight is 413 g/mol. The number of aryl methyl sites for hydroxylation is 1. The highest BCUT2D eigenvalue weighted by molar-refractivity contribution is 6.36. The van der Waals surface area contributed by atoms with Crippen LogP contribution in [0.5, 0.6) is 11.5 Å². The van der Waals surface area contributed by atoms with Crippen molar-refractivity contribution in [1.29, 1.82) is 0 Å². The maximum absolute atomic E-state index is 12.5. The number of hydrogen-bond acceptors (Lipinski definition) is 4. The molecule has 0 spiro atoms. The number of nitrogens with zero attached hydrogens (tertiary/aromatic N) is 2. The fourth-order valence-electron chi connectivity index (χ4n) is 3.17. The van der Waals surface area contributed by atoms with E-state index in [2.05, 4.69) is 4.98 Å². The second-order valence-electron chi connectivity index (χ2n) is 6.49. The number of amides is 1. The van der Waals surface area contributed by atoms with E-state index in [1.807, 2.05) is 0 Å². The molecule has 0 unspecified atom stereocenters. The Kier molecular flexibility index (Phi) is 6.07. The van der Waals surface area contributed by atoms with Crippen molar-refractivity contribution in [3.63, 3.8) is 0 Å². The van der Waals surface area contributed by atoms with E-state index >= 15 is 0 Å². The minimum absolute atomic E-state index is 0.0271. The van der Waals surface area contributed by atoms with E-state index in [9.17, 15) is 19.4 Å². The molecule has 0 radical (unpaired) electrons. The van der Waals surface area contributed by atoms with Crippen molar-refractivity contribution >= 4 is 29.1 Å². The molecule has 5 nitrogen and oxygen atoms in total. The molecule has 1 aromatic carbocycles. The Morgan fingerprint density at radius 1 is 1.19 bits per heavy atom. The zero-order valence-corrected chi connectivity index (χ0v) is 16.0. The summed E-state index contributed by atoms with van der Waals surface area (Å²) in [6.07, 6.45) is 3.56. The van der Waals surface area contributed by atoms with Gasteiger partial charge in [0.25, 0.3) is 0 Å². The lowest BCUT2D eigenvalue weighted by molar-refractivity contribution is -0.132. The van der Waals surface area contributed by atoms with Crippen LogP contribution in [0.1, 0.15) is 35.2 Å². The number of aromatic nitrogens is 1. The van der Waals surface area contributed by atoms with E-state index in [0.29, 0.717) is 48.9 Å². The first kappa shape index (κ1) is 19.7. The summed E-state index contributed by atoms with van der Waals surface area (Å²) in [4.78, 5) is 18.4. The summed E-state index contributed by atoms with van der Waals surface area (Å²) in [5, 5.41) is 19.8. The summed E-state index contributed by atoms with van der Waals surface area (Å²) in [6, 6.07) is 3.47. The molecule has 27 heavy (non-hydrogen) atoms. The third-order valence-corrected chi connectivity index (χ3v) is 5.55. The SMILES string of the molecule is O=C(CCCc1ccc(CF)cn1)N1CCc2c(Cl)c(O)c(O)c(Cl)c2C1. The molecule has 1 amide bonds. The van der Waals surface area contributed by atoms with Crippen molar-refractivity contribution in [1.82, 2.24) is 9.88 Å². The minimum Gasteiger partial charge on any atom is -0.503 e. The van der Waals surface area contributed by atoms with Gasteiger partial charge in [0.15, 0.2) is 11.5 Å². The van der Waals surface area contributed by atoms with Crippen molar-refractivity contribution in [2.24, 2.45) is 0 Å². The molecular weight excluding hydrogens is 394 g/mol. The molecule has 0 aliphatic carbocycles. The van der Waals surface area contributed by atoms with Crippen LogP contribution in [0, 0.1) is 0 Å². The van der Waals surface area contributed by atoms with Crippen LogP contribution < -0.4 is 0 Å². The van der Waals surface area contributed by atoms with Crippen molar-refractivity contribution in [2.75, 3.05) is 6.54 Å². The van der Waals surface area contributed by atoms with E-state index < -0.39 is 18.2 Å². The minimum atomic E-state index is -0.540. The fraction of sp³-hybridized carbons (Fsp3) is 0.368. The smallest absolute Gasteiger partial charge is 0.222 e. The number of rotatable bonds is 5. The Labute approximate surface area is 166 Å². The predicted molar refractivity (Wildman–Crippen MR) is 101 cm³/mol. The van der Waals surface area contributed by atoms with Crippen LogP contribution in [0.4, 0.5) is 4.39 Å². The molecule has 0 saturated carbocycles. The van der Waals surface area contributed by atoms with Gasteiger partial charge in [-0.1, -0.05) is 29.3 Å². The number of phenolic OH excluding ortho intramolecular Hbond substituents is 2. The van der Waals surface area contributed by atoms with Crippen LogP contribution >= 0.6 is 23.2 Å². The molecule has 2 N–H and O–H groups in total. The van der Waals surface area contributed by atoms with E-state index in [-0.39, 0.29) is 22.5 Å². The van der Waals surface area contributed by atoms with Crippen LogP contribution in [-0.2, 0) is 30.9 Å². The summed E-state index contributed by atoms with van der Waals surface area (Å²) < 4.78 is 12.5. The van der Waals surface area contributed by atoms with Gasteiger partial charge in [-0.15, -0.1) is 0 Å². The van der Waals surface area contributed by atoms with Crippen LogP contribution in [0.2, 0.25) is 10.0 Å². The van der Waals surface area contributed by atoms with E-state index in [1.165, 1.54) is 6.20 Å². The number of alkyl halides is 1. The molecule has 2 aromatic rings. The van der Waals surface area contributed by atoms with Gasteiger partial charge >= 0.3 is 0 Å². The molecule has 1 aliphatic rings. The lowest BCUT2D eigenvalue weighted by atomic mass is 9.98. The average Bonchev–Trinajstić information content (AvgIpc) is 2.70. The first-order chi connectivity index (χ1) is 12.9. The number of carbonyl (C=O) groups excluding carboxylic acids is 1. The van der Waals surface area contributed by atoms with Crippen molar-refractivity contribution in [2.45, 2.75) is 38.9 Å². The van der Waals surface area contributed by atoms with Gasteiger partial charge < -0.3 is 15.1 Å². The van der Waals surface area contributed by atoms with Gasteiger partial charge in [-0.2, -0.15) is 0 Å². The number of carbonyl (C=O) groups is 1. The van der Waals surface area contributed by atoms with Gasteiger partial charge in [0.1, 0.15) is 6.67 Å². The summed E-state index contributed by atoms with van der Waals surface area (Å²) >= 11 is 12.2. The number of pyridine rings is 1. The van der Waals surface area contributed by atoms with Crippen molar-refractivity contribution < 1.29 is 19.4 Å². The molecule has 144 valence electrons. The second kappa shape index (κ2) is 8.31. The summed E-state index contributed by atoms with van der Waals surface area (Å²) in [6.45, 7) is 0.168. The van der Waals surface area contributed by atoms with Gasteiger partial charge in [0.2, 0.25) is 5.91 Å². The van der Waals surface area contributed by atoms with Gasteiger partial charge in [-0.3, -0.25) is 9.78 Å². The van der Waals surface area contributed by atoms with Gasteiger partial charge in [0.05, 0.1) is 10.0 Å². The summed E-state index contributed by atoms with van der Waals surface area (Å²) in [5.74, 6) is -0.912. The normalized spacial score (nSPS) is 13.5. The fourth-order valence-corrected chi connectivity index (χ4v) is 3.74. The number of fused-ring (bicyclic) bond motifs is 1. The highest BCUT2D eigenvalue weighted by Gasteiger charge is 2.28. The maximum atomic E-state index is 12.5. The molecule has 0 saturated heterocycles. The molecular formula is C19H19Cl2FN2O3. The van der Waals surface area contributed by atoms with E-state index in [1.54, 1.807) is 17.0 Å². The van der Waals surface area contributed by atoms with E-state index in [0.717, 1.165) is 5.69 Å². The molecule has 8 heteroatoms. The zero-order valence-electron chi connectivity index (χ0n) is 14.5. The summed E-state index contributed by atoms with van der Waals surface area (Å²) in [5.41, 5.74) is 2.59. The number of hydrogen-bond donors (Lipinski definition) is 2. The molecule has 0 fully saturated rings. The Hall–Kier alpha value is -2.05. The topological polar surface area (TPSA) is 73.7 Å². The molecule has 0 bridgehead atoms. The van der Waals surface area contributed by atoms with Crippen LogP contribution in [0.25, 0.3) is 0 Å².